The smallest absolute Gasteiger partial charge is 0.237 e. The number of carbonyl (C=O) groups is 1. The highest BCUT2D eigenvalue weighted by atomic mass is 32.2. The van der Waals surface area contributed by atoms with Crippen LogP contribution >= 0.6 is 0 Å². The maximum absolute atomic E-state index is 12.1. The average Bonchev–Trinajstić information content (AvgIpc) is 2.91. The van der Waals surface area contributed by atoms with Crippen LogP contribution in [0.3, 0.4) is 0 Å². The zero-order valence-electron chi connectivity index (χ0n) is 12.2. The van der Waals surface area contributed by atoms with Gasteiger partial charge in [-0.05, 0) is 43.4 Å². The van der Waals surface area contributed by atoms with Crippen molar-refractivity contribution in [3.05, 3.63) is 30.1 Å². The Morgan fingerprint density at radius 2 is 2.14 bits per heavy atom. The Labute approximate surface area is 125 Å². The van der Waals surface area contributed by atoms with Crippen LogP contribution in [0.2, 0.25) is 0 Å². The lowest BCUT2D eigenvalue weighted by molar-refractivity contribution is -0.130. The number of aromatic nitrogens is 1. The molecule has 1 N–H and O–H groups in total. The van der Waals surface area contributed by atoms with E-state index in [1.807, 2.05) is 12.1 Å². The monoisotopic (exact) mass is 311 g/mol. The van der Waals surface area contributed by atoms with Gasteiger partial charge >= 0.3 is 0 Å². The Hall–Kier alpha value is -1.47. The van der Waals surface area contributed by atoms with E-state index in [-0.39, 0.29) is 18.5 Å². The number of sulfonamides is 1. The van der Waals surface area contributed by atoms with Crippen molar-refractivity contribution in [2.75, 3.05) is 19.3 Å². The van der Waals surface area contributed by atoms with Gasteiger partial charge in [0.25, 0.3) is 0 Å². The number of rotatable bonds is 6. The Kier molecular flexibility index (Phi) is 5.30. The van der Waals surface area contributed by atoms with Crippen LogP contribution in [0.5, 0.6) is 0 Å². The normalized spacial score (nSPS) is 18.9. The van der Waals surface area contributed by atoms with Crippen LogP contribution < -0.4 is 4.72 Å². The summed E-state index contributed by atoms with van der Waals surface area (Å²) in [4.78, 5) is 17.9. The predicted octanol–water partition coefficient (Wildman–Crippen LogP) is 0.554. The van der Waals surface area contributed by atoms with Crippen LogP contribution in [0, 0.1) is 0 Å². The van der Waals surface area contributed by atoms with Gasteiger partial charge in [0.05, 0.1) is 12.8 Å². The third kappa shape index (κ3) is 5.09. The van der Waals surface area contributed by atoms with E-state index in [2.05, 4.69) is 9.71 Å². The Balaban J connectivity index is 1.86. The summed E-state index contributed by atoms with van der Waals surface area (Å²) in [5, 5.41) is 0. The first-order valence-electron chi connectivity index (χ1n) is 7.09. The zero-order valence-corrected chi connectivity index (χ0v) is 13.0. The minimum Gasteiger partial charge on any atom is -0.339 e. The number of hydrogen-bond donors (Lipinski definition) is 1. The molecule has 2 rings (SSSR count). The summed E-state index contributed by atoms with van der Waals surface area (Å²) in [5.74, 6) is -0.141. The summed E-state index contributed by atoms with van der Waals surface area (Å²) >= 11 is 0. The summed E-state index contributed by atoms with van der Waals surface area (Å²) in [7, 11) is -3.33. The molecule has 0 aliphatic carbocycles. The molecule has 0 radical (unpaired) electrons. The van der Waals surface area contributed by atoms with Gasteiger partial charge in [0, 0.05) is 25.0 Å². The van der Waals surface area contributed by atoms with Gasteiger partial charge in [-0.1, -0.05) is 0 Å². The second-order valence-electron chi connectivity index (χ2n) is 5.37. The number of nitrogens with one attached hydrogen (secondary N) is 1. The molecule has 1 aromatic rings. The fourth-order valence-electron chi connectivity index (χ4n) is 2.64. The molecule has 1 atom stereocenters. The van der Waals surface area contributed by atoms with Crippen LogP contribution in [0.1, 0.15) is 24.8 Å². The molecular formula is C14H21N3O3S. The van der Waals surface area contributed by atoms with Crippen LogP contribution in [0.15, 0.2) is 24.5 Å². The van der Waals surface area contributed by atoms with E-state index in [1.54, 1.807) is 17.3 Å². The van der Waals surface area contributed by atoms with Gasteiger partial charge in [0.15, 0.2) is 0 Å². The minimum absolute atomic E-state index is 0.141. The fourth-order valence-corrected chi connectivity index (χ4v) is 3.03. The van der Waals surface area contributed by atoms with E-state index < -0.39 is 10.0 Å². The van der Waals surface area contributed by atoms with Crippen molar-refractivity contribution in [3.8, 4) is 0 Å². The van der Waals surface area contributed by atoms with Crippen LogP contribution in [0.25, 0.3) is 0 Å². The van der Waals surface area contributed by atoms with E-state index in [0.29, 0.717) is 6.54 Å². The molecule has 0 saturated carbocycles. The molecule has 0 spiro atoms. The summed E-state index contributed by atoms with van der Waals surface area (Å²) in [5.41, 5.74) is 1.21. The lowest BCUT2D eigenvalue weighted by Gasteiger charge is -2.24. The Bertz CT molecular complexity index is 574. The number of nitrogens with zero attached hydrogens (tertiary/aromatic N) is 2. The molecule has 1 aliphatic heterocycles. The van der Waals surface area contributed by atoms with E-state index in [9.17, 15) is 13.2 Å². The second-order valence-corrected chi connectivity index (χ2v) is 7.20. The first-order valence-corrected chi connectivity index (χ1v) is 8.98. The molecular weight excluding hydrogens is 290 g/mol. The van der Waals surface area contributed by atoms with Gasteiger partial charge < -0.3 is 4.90 Å². The maximum Gasteiger partial charge on any atom is 0.237 e. The van der Waals surface area contributed by atoms with E-state index in [4.69, 9.17) is 0 Å². The summed E-state index contributed by atoms with van der Waals surface area (Å²) in [6, 6.07) is 4.16. The molecule has 1 saturated heterocycles. The Morgan fingerprint density at radius 1 is 1.43 bits per heavy atom. The minimum atomic E-state index is -3.33. The van der Waals surface area contributed by atoms with Crippen molar-refractivity contribution in [1.29, 1.82) is 0 Å². The number of carbonyl (C=O) groups excluding carboxylic acids is 1. The van der Waals surface area contributed by atoms with Crippen molar-refractivity contribution in [1.82, 2.24) is 14.6 Å². The average molecular weight is 311 g/mol. The number of aryl methyl sites for hydroxylation is 1. The van der Waals surface area contributed by atoms with E-state index in [0.717, 1.165) is 31.9 Å². The van der Waals surface area contributed by atoms with Crippen molar-refractivity contribution in [2.45, 2.75) is 31.7 Å². The van der Waals surface area contributed by atoms with Crippen molar-refractivity contribution in [3.63, 3.8) is 0 Å². The largest absolute Gasteiger partial charge is 0.339 e. The van der Waals surface area contributed by atoms with Crippen LogP contribution in [-0.2, 0) is 21.2 Å². The number of pyridine rings is 1. The molecule has 116 valence electrons. The topological polar surface area (TPSA) is 79.4 Å². The standard InChI is InChI=1S/C14H21N3O3S/c1-21(19,20)16-11-14(18)17-10-2-3-13(17)5-4-12-6-8-15-9-7-12/h6-9,13,16H,2-5,10-11H2,1H3/t13-/m1/s1. The van der Waals surface area contributed by atoms with Crippen molar-refractivity contribution in [2.24, 2.45) is 0 Å². The van der Waals surface area contributed by atoms with Gasteiger partial charge in [-0.25, -0.2) is 13.1 Å². The third-order valence-electron chi connectivity index (χ3n) is 3.70. The number of hydrogen-bond acceptors (Lipinski definition) is 4. The highest BCUT2D eigenvalue weighted by Crippen LogP contribution is 2.21. The molecule has 21 heavy (non-hydrogen) atoms. The molecule has 1 fully saturated rings. The fraction of sp³-hybridized carbons (Fsp3) is 0.571. The van der Waals surface area contributed by atoms with Crippen molar-refractivity contribution < 1.29 is 13.2 Å². The number of amides is 1. The summed E-state index contributed by atoms with van der Waals surface area (Å²) in [6.45, 7) is 0.565. The lowest BCUT2D eigenvalue weighted by Crippen LogP contribution is -2.42. The van der Waals surface area contributed by atoms with E-state index >= 15 is 0 Å². The molecule has 7 heteroatoms. The van der Waals surface area contributed by atoms with Crippen LogP contribution in [0.4, 0.5) is 0 Å². The third-order valence-corrected chi connectivity index (χ3v) is 4.37. The molecule has 1 aromatic heterocycles. The first-order chi connectivity index (χ1) is 9.96. The summed E-state index contributed by atoms with van der Waals surface area (Å²) in [6.07, 6.45) is 8.35. The summed E-state index contributed by atoms with van der Waals surface area (Å²) < 4.78 is 24.4. The molecule has 6 nitrogen and oxygen atoms in total. The molecule has 0 aromatic carbocycles. The molecule has 1 amide bonds. The van der Waals surface area contributed by atoms with Crippen molar-refractivity contribution >= 4 is 15.9 Å². The van der Waals surface area contributed by atoms with E-state index in [1.165, 1.54) is 5.56 Å². The SMILES string of the molecule is CS(=O)(=O)NCC(=O)N1CCC[C@@H]1CCc1ccncc1. The quantitative estimate of drug-likeness (QED) is 0.832. The number of likely N-dealkylation sites (tertiary alicyclic amines) is 1. The molecule has 0 unspecified atom stereocenters. The maximum atomic E-state index is 12.1. The van der Waals surface area contributed by atoms with Gasteiger partial charge in [-0.15, -0.1) is 0 Å². The lowest BCUT2D eigenvalue weighted by atomic mass is 10.0. The van der Waals surface area contributed by atoms with Gasteiger partial charge in [-0.2, -0.15) is 0 Å². The van der Waals surface area contributed by atoms with Gasteiger partial charge in [0.2, 0.25) is 15.9 Å². The highest BCUT2D eigenvalue weighted by molar-refractivity contribution is 7.88. The second kappa shape index (κ2) is 7.00. The zero-order chi connectivity index (χ0) is 15.3. The van der Waals surface area contributed by atoms with Gasteiger partial charge in [-0.3, -0.25) is 9.78 Å². The highest BCUT2D eigenvalue weighted by Gasteiger charge is 2.28. The molecule has 1 aliphatic rings. The Morgan fingerprint density at radius 3 is 2.81 bits per heavy atom. The predicted molar refractivity (Wildman–Crippen MR) is 80.1 cm³/mol. The molecule has 0 bridgehead atoms. The van der Waals surface area contributed by atoms with Crippen LogP contribution in [-0.4, -0.2) is 49.6 Å². The molecule has 2 heterocycles. The first kappa shape index (κ1) is 15.9. The van der Waals surface area contributed by atoms with Gasteiger partial charge in [0.1, 0.15) is 0 Å².